The van der Waals surface area contributed by atoms with Gasteiger partial charge in [-0.15, -0.1) is 0 Å². The Kier molecular flexibility index (Phi) is 4.75. The van der Waals surface area contributed by atoms with E-state index < -0.39 is 10.0 Å². The van der Waals surface area contributed by atoms with Crippen molar-refractivity contribution in [3.8, 4) is 0 Å². The summed E-state index contributed by atoms with van der Waals surface area (Å²) < 4.78 is 27.9. The van der Waals surface area contributed by atoms with Crippen LogP contribution in [0, 0.1) is 0 Å². The first kappa shape index (κ1) is 14.5. The van der Waals surface area contributed by atoms with E-state index in [-0.39, 0.29) is 4.90 Å². The maximum Gasteiger partial charge on any atom is 0.242 e. The third-order valence-electron chi connectivity index (χ3n) is 2.88. The summed E-state index contributed by atoms with van der Waals surface area (Å²) in [6, 6.07) is 8.74. The molecule has 0 amide bonds. The van der Waals surface area contributed by atoms with Crippen molar-refractivity contribution >= 4 is 15.7 Å². The van der Waals surface area contributed by atoms with Gasteiger partial charge in [-0.2, -0.15) is 5.10 Å². The average Bonchev–Trinajstić information content (AvgIpc) is 2.97. The minimum atomic E-state index is -3.44. The number of sulfonamides is 1. The van der Waals surface area contributed by atoms with Crippen LogP contribution in [0.1, 0.15) is 6.42 Å². The molecule has 0 aliphatic heterocycles. The second kappa shape index (κ2) is 6.53. The molecule has 0 aliphatic rings. The molecule has 1 aromatic heterocycles. The van der Waals surface area contributed by atoms with E-state index in [0.29, 0.717) is 12.2 Å². The van der Waals surface area contributed by atoms with E-state index >= 15 is 0 Å². The molecule has 0 spiro atoms. The predicted octanol–water partition coefficient (Wildman–Crippen LogP) is 1.29. The van der Waals surface area contributed by atoms with Crippen LogP contribution in [0.15, 0.2) is 47.6 Å². The van der Waals surface area contributed by atoms with E-state index in [1.807, 2.05) is 23.0 Å². The van der Waals surface area contributed by atoms with E-state index in [9.17, 15) is 8.42 Å². The van der Waals surface area contributed by atoms with Crippen LogP contribution in [0.4, 0.5) is 5.69 Å². The average molecular weight is 294 g/mol. The minimum Gasteiger partial charge on any atom is -0.384 e. The number of hydrogen-bond donors (Lipinski definition) is 2. The Hall–Kier alpha value is -1.86. The number of rotatable bonds is 7. The SMILES string of the molecule is CNS(=O)(=O)c1ccccc1NCCCn1cccn1. The molecule has 2 aromatic rings. The summed E-state index contributed by atoms with van der Waals surface area (Å²) in [6.45, 7) is 1.47. The van der Waals surface area contributed by atoms with Crippen LogP contribution in [0.3, 0.4) is 0 Å². The molecule has 0 atom stereocenters. The van der Waals surface area contributed by atoms with E-state index in [1.54, 1.807) is 24.4 Å². The Balaban J connectivity index is 1.96. The zero-order valence-electron chi connectivity index (χ0n) is 11.3. The maximum atomic E-state index is 11.9. The van der Waals surface area contributed by atoms with Crippen molar-refractivity contribution in [2.45, 2.75) is 17.9 Å². The van der Waals surface area contributed by atoms with Gasteiger partial charge in [-0.3, -0.25) is 4.68 Å². The highest BCUT2D eigenvalue weighted by Crippen LogP contribution is 2.20. The van der Waals surface area contributed by atoms with Gasteiger partial charge >= 0.3 is 0 Å². The van der Waals surface area contributed by atoms with E-state index in [0.717, 1.165) is 13.0 Å². The van der Waals surface area contributed by atoms with Gasteiger partial charge in [-0.1, -0.05) is 12.1 Å². The molecule has 20 heavy (non-hydrogen) atoms. The molecule has 0 saturated carbocycles. The van der Waals surface area contributed by atoms with Gasteiger partial charge in [0.25, 0.3) is 0 Å². The number of nitrogens with one attached hydrogen (secondary N) is 2. The topological polar surface area (TPSA) is 76.0 Å². The van der Waals surface area contributed by atoms with Crippen LogP contribution in [0.25, 0.3) is 0 Å². The van der Waals surface area contributed by atoms with Gasteiger partial charge in [-0.05, 0) is 31.7 Å². The molecule has 0 aliphatic carbocycles. The summed E-state index contributed by atoms with van der Waals surface area (Å²) in [5.41, 5.74) is 0.613. The normalized spacial score (nSPS) is 11.4. The van der Waals surface area contributed by atoms with E-state index in [2.05, 4.69) is 15.1 Å². The second-order valence-corrected chi connectivity index (χ2v) is 6.11. The molecule has 0 radical (unpaired) electrons. The number of benzene rings is 1. The van der Waals surface area contributed by atoms with Crippen LogP contribution in [-0.2, 0) is 16.6 Å². The summed E-state index contributed by atoms with van der Waals surface area (Å²) in [5, 5.41) is 7.27. The monoisotopic (exact) mass is 294 g/mol. The first-order chi connectivity index (χ1) is 9.63. The molecule has 6 nitrogen and oxygen atoms in total. The summed E-state index contributed by atoms with van der Waals surface area (Å²) in [6.07, 6.45) is 4.50. The standard InChI is InChI=1S/C13H18N4O2S/c1-14-20(18,19)13-7-3-2-6-12(13)15-8-4-10-17-11-5-9-16-17/h2-3,5-7,9,11,14-15H,4,8,10H2,1H3. The zero-order valence-corrected chi connectivity index (χ0v) is 12.1. The first-order valence-corrected chi connectivity index (χ1v) is 7.85. The summed E-state index contributed by atoms with van der Waals surface area (Å²) >= 11 is 0. The highest BCUT2D eigenvalue weighted by Gasteiger charge is 2.15. The lowest BCUT2D eigenvalue weighted by Gasteiger charge is -2.11. The molecule has 2 rings (SSSR count). The van der Waals surface area contributed by atoms with Crippen molar-refractivity contribution in [1.29, 1.82) is 0 Å². The number of para-hydroxylation sites is 1. The fourth-order valence-corrected chi connectivity index (χ4v) is 2.76. The number of aromatic nitrogens is 2. The Bertz CT molecular complexity index is 638. The quantitative estimate of drug-likeness (QED) is 0.755. The molecule has 1 heterocycles. The molecule has 0 bridgehead atoms. The highest BCUT2D eigenvalue weighted by atomic mass is 32.2. The molecular weight excluding hydrogens is 276 g/mol. The van der Waals surface area contributed by atoms with Gasteiger partial charge in [0.15, 0.2) is 0 Å². The molecule has 0 unspecified atom stereocenters. The van der Waals surface area contributed by atoms with Crippen LogP contribution in [-0.4, -0.2) is 31.8 Å². The summed E-state index contributed by atoms with van der Waals surface area (Å²) in [7, 11) is -2.03. The van der Waals surface area contributed by atoms with Crippen molar-refractivity contribution < 1.29 is 8.42 Å². The summed E-state index contributed by atoms with van der Waals surface area (Å²) in [4.78, 5) is 0.265. The molecular formula is C13H18N4O2S. The smallest absolute Gasteiger partial charge is 0.242 e. The van der Waals surface area contributed by atoms with Crippen molar-refractivity contribution in [2.24, 2.45) is 0 Å². The Morgan fingerprint density at radius 1 is 1.25 bits per heavy atom. The Morgan fingerprint density at radius 3 is 2.75 bits per heavy atom. The van der Waals surface area contributed by atoms with Gasteiger partial charge in [0.1, 0.15) is 4.90 Å². The van der Waals surface area contributed by atoms with Gasteiger partial charge in [0.05, 0.1) is 5.69 Å². The molecule has 0 saturated heterocycles. The summed E-state index contributed by atoms with van der Waals surface area (Å²) in [5.74, 6) is 0. The largest absolute Gasteiger partial charge is 0.384 e. The second-order valence-electron chi connectivity index (χ2n) is 4.25. The van der Waals surface area contributed by atoms with Crippen molar-refractivity contribution in [3.05, 3.63) is 42.7 Å². The van der Waals surface area contributed by atoms with Crippen LogP contribution >= 0.6 is 0 Å². The van der Waals surface area contributed by atoms with Crippen molar-refractivity contribution in [2.75, 3.05) is 18.9 Å². The molecule has 7 heteroatoms. The van der Waals surface area contributed by atoms with Crippen molar-refractivity contribution in [1.82, 2.24) is 14.5 Å². The lowest BCUT2D eigenvalue weighted by atomic mass is 10.3. The van der Waals surface area contributed by atoms with Crippen LogP contribution in [0.5, 0.6) is 0 Å². The third-order valence-corrected chi connectivity index (χ3v) is 4.36. The van der Waals surface area contributed by atoms with Gasteiger partial charge in [0, 0.05) is 25.5 Å². The number of anilines is 1. The predicted molar refractivity (Wildman–Crippen MR) is 78.0 cm³/mol. The number of nitrogens with zero attached hydrogens (tertiary/aromatic N) is 2. The lowest BCUT2D eigenvalue weighted by Crippen LogP contribution is -2.20. The highest BCUT2D eigenvalue weighted by molar-refractivity contribution is 7.89. The van der Waals surface area contributed by atoms with Gasteiger partial charge in [0.2, 0.25) is 10.0 Å². The lowest BCUT2D eigenvalue weighted by molar-refractivity contribution is 0.586. The third kappa shape index (κ3) is 3.58. The molecule has 0 fully saturated rings. The van der Waals surface area contributed by atoms with Gasteiger partial charge in [-0.25, -0.2) is 13.1 Å². The minimum absolute atomic E-state index is 0.265. The zero-order chi connectivity index (χ0) is 14.4. The number of aryl methyl sites for hydroxylation is 1. The number of hydrogen-bond acceptors (Lipinski definition) is 4. The van der Waals surface area contributed by atoms with E-state index in [4.69, 9.17) is 0 Å². The van der Waals surface area contributed by atoms with Gasteiger partial charge < -0.3 is 5.32 Å². The van der Waals surface area contributed by atoms with Crippen molar-refractivity contribution in [3.63, 3.8) is 0 Å². The van der Waals surface area contributed by atoms with Crippen LogP contribution in [0.2, 0.25) is 0 Å². The molecule has 108 valence electrons. The Morgan fingerprint density at radius 2 is 2.05 bits per heavy atom. The van der Waals surface area contributed by atoms with E-state index in [1.165, 1.54) is 7.05 Å². The van der Waals surface area contributed by atoms with Crippen LogP contribution < -0.4 is 10.0 Å². The molecule has 1 aromatic carbocycles. The fourth-order valence-electron chi connectivity index (χ4n) is 1.85. The Labute approximate surface area is 118 Å². The first-order valence-electron chi connectivity index (χ1n) is 6.37. The maximum absolute atomic E-state index is 11.9. The molecule has 2 N–H and O–H groups in total. The fraction of sp³-hybridized carbons (Fsp3) is 0.308.